The second-order valence-electron chi connectivity index (χ2n) is 8.44. The summed E-state index contributed by atoms with van der Waals surface area (Å²) in [5.74, 6) is -0.717. The van der Waals surface area contributed by atoms with Crippen molar-refractivity contribution in [1.29, 1.82) is 0 Å². The molecule has 0 aliphatic rings. The summed E-state index contributed by atoms with van der Waals surface area (Å²) in [5.41, 5.74) is 9.31. The van der Waals surface area contributed by atoms with E-state index in [0.29, 0.717) is 5.75 Å². The van der Waals surface area contributed by atoms with Crippen molar-refractivity contribution in [2.45, 2.75) is 6.61 Å². The fourth-order valence-corrected chi connectivity index (χ4v) is 4.19. The van der Waals surface area contributed by atoms with Crippen molar-refractivity contribution >= 4 is 39.5 Å². The molecule has 2 aromatic heterocycles. The van der Waals surface area contributed by atoms with Gasteiger partial charge in [0.15, 0.2) is 5.69 Å². The molecule has 0 saturated heterocycles. The number of nitrogens with one attached hydrogen (secondary N) is 1. The third-order valence-electron chi connectivity index (χ3n) is 6.04. The molecule has 39 heavy (non-hydrogen) atoms. The van der Waals surface area contributed by atoms with Crippen molar-refractivity contribution in [2.24, 2.45) is 5.10 Å². The van der Waals surface area contributed by atoms with Crippen LogP contribution in [0.3, 0.4) is 0 Å². The van der Waals surface area contributed by atoms with Crippen LogP contribution in [0.5, 0.6) is 5.75 Å². The Bertz CT molecular complexity index is 1790. The van der Waals surface area contributed by atoms with Gasteiger partial charge in [0.1, 0.15) is 23.9 Å². The first-order valence-electron chi connectivity index (χ1n) is 11.7. The maximum absolute atomic E-state index is 13.3. The average Bonchev–Trinajstić information content (AvgIpc) is 3.57. The summed E-state index contributed by atoms with van der Waals surface area (Å²) < 4.78 is 24.9. The number of halogens is 1. The number of rotatable bonds is 7. The van der Waals surface area contributed by atoms with Gasteiger partial charge in [-0.3, -0.25) is 4.79 Å². The lowest BCUT2D eigenvalue weighted by Gasteiger charge is -2.09. The zero-order valence-corrected chi connectivity index (χ0v) is 20.2. The predicted molar refractivity (Wildman–Crippen MR) is 141 cm³/mol. The molecule has 11 nitrogen and oxygen atoms in total. The van der Waals surface area contributed by atoms with E-state index in [0.717, 1.165) is 27.1 Å². The molecular weight excluding hydrogens is 503 g/mol. The van der Waals surface area contributed by atoms with Gasteiger partial charge in [0.25, 0.3) is 5.91 Å². The second kappa shape index (κ2) is 10.0. The van der Waals surface area contributed by atoms with Crippen LogP contribution in [0, 0.1) is 5.82 Å². The summed E-state index contributed by atoms with van der Waals surface area (Å²) in [7, 11) is 0. The van der Waals surface area contributed by atoms with Gasteiger partial charge in [-0.05, 0) is 62.2 Å². The summed E-state index contributed by atoms with van der Waals surface area (Å²) in [4.78, 5) is 13.2. The van der Waals surface area contributed by atoms with Crippen LogP contribution in [0.15, 0.2) is 88.6 Å². The number of hydrazone groups is 1. The van der Waals surface area contributed by atoms with E-state index in [1.165, 1.54) is 28.9 Å². The molecule has 6 rings (SSSR count). The Labute approximate surface area is 219 Å². The fraction of sp³-hybridized carbons (Fsp3) is 0.0370. The van der Waals surface area contributed by atoms with Crippen LogP contribution in [0.1, 0.15) is 21.7 Å². The summed E-state index contributed by atoms with van der Waals surface area (Å²) in [6.07, 6.45) is 1.60. The molecular formula is C27H19FN8O3. The maximum Gasteiger partial charge on any atom is 0.293 e. The summed E-state index contributed by atoms with van der Waals surface area (Å²) in [6.45, 7) is -0.175. The minimum absolute atomic E-state index is 0.0324. The number of nitrogens with zero attached hydrogens (tertiary/aromatic N) is 6. The van der Waals surface area contributed by atoms with Crippen molar-refractivity contribution in [3.8, 4) is 11.6 Å². The van der Waals surface area contributed by atoms with Crippen LogP contribution in [-0.2, 0) is 6.61 Å². The van der Waals surface area contributed by atoms with Gasteiger partial charge in [-0.2, -0.15) is 9.78 Å². The van der Waals surface area contributed by atoms with E-state index in [2.05, 4.69) is 41.8 Å². The molecule has 2 heterocycles. The van der Waals surface area contributed by atoms with Crippen LogP contribution in [0.2, 0.25) is 0 Å². The summed E-state index contributed by atoms with van der Waals surface area (Å²) in [5, 5.41) is 23.5. The van der Waals surface area contributed by atoms with Crippen LogP contribution in [0.4, 0.5) is 10.2 Å². The largest absolute Gasteiger partial charge is 0.487 e. The van der Waals surface area contributed by atoms with Gasteiger partial charge in [0.05, 0.1) is 6.21 Å². The number of fused-ring (bicyclic) bond motifs is 2. The van der Waals surface area contributed by atoms with Crippen molar-refractivity contribution in [3.05, 3.63) is 102 Å². The predicted octanol–water partition coefficient (Wildman–Crippen LogP) is 4.02. The molecule has 0 bridgehead atoms. The van der Waals surface area contributed by atoms with Crippen molar-refractivity contribution in [3.63, 3.8) is 0 Å². The van der Waals surface area contributed by atoms with Crippen LogP contribution in [0.25, 0.3) is 27.4 Å². The Morgan fingerprint density at radius 1 is 1.03 bits per heavy atom. The first kappa shape index (κ1) is 23.7. The van der Waals surface area contributed by atoms with Gasteiger partial charge in [-0.1, -0.05) is 53.7 Å². The number of hydrogen-bond acceptors (Lipinski definition) is 9. The average molecular weight is 523 g/mol. The molecule has 192 valence electrons. The molecule has 6 aromatic rings. The van der Waals surface area contributed by atoms with Gasteiger partial charge in [-0.15, -0.1) is 5.10 Å². The molecule has 0 aliphatic heterocycles. The van der Waals surface area contributed by atoms with Crippen LogP contribution < -0.4 is 15.9 Å². The third-order valence-corrected chi connectivity index (χ3v) is 6.04. The van der Waals surface area contributed by atoms with Gasteiger partial charge in [-0.25, -0.2) is 14.4 Å². The number of benzene rings is 4. The molecule has 0 saturated carbocycles. The highest BCUT2D eigenvalue weighted by atomic mass is 19.1. The van der Waals surface area contributed by atoms with Crippen LogP contribution >= 0.6 is 0 Å². The van der Waals surface area contributed by atoms with Crippen molar-refractivity contribution < 1.29 is 18.6 Å². The first-order chi connectivity index (χ1) is 19.1. The highest BCUT2D eigenvalue weighted by Gasteiger charge is 2.24. The molecule has 0 spiro atoms. The third kappa shape index (κ3) is 4.62. The number of anilines is 1. The lowest BCUT2D eigenvalue weighted by atomic mass is 9.97. The quantitative estimate of drug-likeness (QED) is 0.182. The molecule has 3 N–H and O–H groups in total. The molecule has 0 aliphatic carbocycles. The Morgan fingerprint density at radius 2 is 1.72 bits per heavy atom. The van der Waals surface area contributed by atoms with E-state index < -0.39 is 11.7 Å². The Balaban J connectivity index is 1.31. The standard InChI is InChI=1S/C27H19FN8O3/c28-18-9-11-19(12-10-18)38-15-23-24(31-35-36(23)26-25(29)33-39-34-26)27(37)32-30-14-22-20-7-3-1-5-16(20)13-17-6-2-4-8-21(17)22/h1-14H,15H2,(H2,29,33)(H,32,37)/b30-14+. The Morgan fingerprint density at radius 3 is 2.38 bits per heavy atom. The number of carbonyl (C=O) groups excluding carboxylic acids is 1. The number of carbonyl (C=O) groups is 1. The number of ether oxygens (including phenoxy) is 1. The summed E-state index contributed by atoms with van der Waals surface area (Å²) in [6, 6.07) is 23.4. The van der Waals surface area contributed by atoms with E-state index in [-0.39, 0.29) is 29.6 Å². The van der Waals surface area contributed by atoms with E-state index in [9.17, 15) is 9.18 Å². The second-order valence-corrected chi connectivity index (χ2v) is 8.44. The number of nitrogens with two attached hydrogens (primary N) is 1. The lowest BCUT2D eigenvalue weighted by Crippen LogP contribution is -2.21. The fourth-order valence-electron chi connectivity index (χ4n) is 4.19. The van der Waals surface area contributed by atoms with Gasteiger partial charge in [0.2, 0.25) is 11.6 Å². The van der Waals surface area contributed by atoms with Gasteiger partial charge < -0.3 is 10.5 Å². The molecule has 1 amide bonds. The van der Waals surface area contributed by atoms with Crippen LogP contribution in [-0.4, -0.2) is 37.4 Å². The van der Waals surface area contributed by atoms with Gasteiger partial charge >= 0.3 is 0 Å². The van der Waals surface area contributed by atoms with E-state index >= 15 is 0 Å². The Hall–Kier alpha value is -5.65. The molecule has 0 unspecified atom stereocenters. The molecule has 0 fully saturated rings. The van der Waals surface area contributed by atoms with Crippen molar-refractivity contribution in [2.75, 3.05) is 5.73 Å². The number of hydrogen-bond donors (Lipinski definition) is 2. The SMILES string of the molecule is Nc1nonc1-n1nnc(C(=O)N/N=C/c2c3ccccc3cc3ccccc23)c1COc1ccc(F)cc1. The minimum Gasteiger partial charge on any atom is -0.487 e. The highest BCUT2D eigenvalue weighted by molar-refractivity contribution is 6.13. The minimum atomic E-state index is -0.644. The molecule has 0 radical (unpaired) electrons. The zero-order chi connectivity index (χ0) is 26.8. The van der Waals surface area contributed by atoms with E-state index in [4.69, 9.17) is 10.5 Å². The number of nitrogen functional groups attached to an aromatic ring is 1. The molecule has 0 atom stereocenters. The molecule has 4 aromatic carbocycles. The highest BCUT2D eigenvalue weighted by Crippen LogP contribution is 2.27. The number of aromatic nitrogens is 5. The molecule has 12 heteroatoms. The Kier molecular flexibility index (Phi) is 6.09. The lowest BCUT2D eigenvalue weighted by molar-refractivity contribution is 0.0947. The summed E-state index contributed by atoms with van der Waals surface area (Å²) >= 11 is 0. The zero-order valence-electron chi connectivity index (χ0n) is 20.2. The van der Waals surface area contributed by atoms with E-state index in [1.807, 2.05) is 48.5 Å². The topological polar surface area (TPSA) is 146 Å². The maximum atomic E-state index is 13.3. The monoisotopic (exact) mass is 522 g/mol. The van der Waals surface area contributed by atoms with Crippen molar-refractivity contribution in [1.82, 2.24) is 30.7 Å². The van der Waals surface area contributed by atoms with E-state index in [1.54, 1.807) is 6.21 Å². The van der Waals surface area contributed by atoms with Gasteiger partial charge in [0, 0.05) is 5.56 Å². The smallest absolute Gasteiger partial charge is 0.293 e. The number of amides is 1. The first-order valence-corrected chi connectivity index (χ1v) is 11.7. The normalized spacial score (nSPS) is 11.4.